The zero-order valence-corrected chi connectivity index (χ0v) is 20.5. The Hall–Kier alpha value is -0.510. The van der Waals surface area contributed by atoms with Crippen LogP contribution in [0.2, 0.25) is 0 Å². The molecule has 3 rings (SSSR count). The van der Waals surface area contributed by atoms with Crippen molar-refractivity contribution in [2.24, 2.45) is 35.0 Å². The van der Waals surface area contributed by atoms with Crippen LogP contribution in [0.5, 0.6) is 0 Å². The standard InChI is InChI=1S/C29H51N/c1-3-5-6-7-8-20-29(23-30)21-18-28(19-22-29)27-16-14-26(15-17-27)25-12-10-24(9-4-2)11-13-25/h24-28H,3-22H2,1-2H3/t24-,25-,26?,27?,28-,29-. The Morgan fingerprint density at radius 3 is 1.63 bits per heavy atom. The molecule has 0 amide bonds. The van der Waals surface area contributed by atoms with E-state index in [1.54, 1.807) is 0 Å². The molecule has 0 atom stereocenters. The van der Waals surface area contributed by atoms with E-state index in [1.165, 1.54) is 128 Å². The van der Waals surface area contributed by atoms with Gasteiger partial charge in [-0.05, 0) is 100 Å². The predicted molar refractivity (Wildman–Crippen MR) is 129 cm³/mol. The van der Waals surface area contributed by atoms with Gasteiger partial charge in [0.05, 0.1) is 11.5 Å². The molecule has 3 saturated carbocycles. The van der Waals surface area contributed by atoms with Crippen LogP contribution >= 0.6 is 0 Å². The van der Waals surface area contributed by atoms with Crippen LogP contribution in [0.15, 0.2) is 0 Å². The second-order valence-electron chi connectivity index (χ2n) is 11.6. The molecule has 3 aliphatic rings. The van der Waals surface area contributed by atoms with Gasteiger partial charge in [-0.1, -0.05) is 71.6 Å². The molecule has 0 aliphatic heterocycles. The molecule has 0 aromatic heterocycles. The van der Waals surface area contributed by atoms with Crippen molar-refractivity contribution >= 4 is 0 Å². The molecule has 0 spiro atoms. The minimum Gasteiger partial charge on any atom is -0.198 e. The molecule has 0 bridgehead atoms. The third-order valence-corrected chi connectivity index (χ3v) is 9.72. The van der Waals surface area contributed by atoms with Gasteiger partial charge in [-0.3, -0.25) is 0 Å². The highest BCUT2D eigenvalue weighted by Gasteiger charge is 2.39. The molecule has 3 fully saturated rings. The highest BCUT2D eigenvalue weighted by atomic mass is 14.5. The molecule has 0 heterocycles. The summed E-state index contributed by atoms with van der Waals surface area (Å²) in [5.41, 5.74) is 0.0387. The van der Waals surface area contributed by atoms with Crippen molar-refractivity contribution in [3.05, 3.63) is 0 Å². The van der Waals surface area contributed by atoms with Crippen LogP contribution in [0.4, 0.5) is 0 Å². The Labute approximate surface area is 188 Å². The summed E-state index contributed by atoms with van der Waals surface area (Å²) >= 11 is 0. The van der Waals surface area contributed by atoms with Crippen molar-refractivity contribution in [3.63, 3.8) is 0 Å². The molecule has 0 N–H and O–H groups in total. The van der Waals surface area contributed by atoms with Gasteiger partial charge in [-0.25, -0.2) is 0 Å². The van der Waals surface area contributed by atoms with Crippen LogP contribution in [0.3, 0.4) is 0 Å². The molecule has 1 nitrogen and oxygen atoms in total. The maximum absolute atomic E-state index is 9.92. The van der Waals surface area contributed by atoms with Crippen LogP contribution in [0, 0.1) is 46.3 Å². The molecule has 0 aromatic rings. The highest BCUT2D eigenvalue weighted by Crippen LogP contribution is 2.49. The van der Waals surface area contributed by atoms with E-state index in [9.17, 15) is 5.26 Å². The summed E-state index contributed by atoms with van der Waals surface area (Å²) in [5, 5.41) is 9.92. The van der Waals surface area contributed by atoms with Gasteiger partial charge < -0.3 is 0 Å². The smallest absolute Gasteiger partial charge is 0.0689 e. The van der Waals surface area contributed by atoms with E-state index in [0.29, 0.717) is 0 Å². The largest absolute Gasteiger partial charge is 0.198 e. The minimum absolute atomic E-state index is 0.0387. The number of nitriles is 1. The monoisotopic (exact) mass is 413 g/mol. The van der Waals surface area contributed by atoms with Gasteiger partial charge in [-0.15, -0.1) is 0 Å². The first kappa shape index (κ1) is 24.1. The average molecular weight is 414 g/mol. The van der Waals surface area contributed by atoms with E-state index in [4.69, 9.17) is 0 Å². The summed E-state index contributed by atoms with van der Waals surface area (Å²) in [5.74, 6) is 5.08. The Kier molecular flexibility index (Phi) is 10.1. The number of nitrogens with zero attached hydrogens (tertiary/aromatic N) is 1. The molecule has 172 valence electrons. The second kappa shape index (κ2) is 12.5. The SMILES string of the molecule is CCCCCCC[C@]1(C#N)CC[C@H](C2CCC([C@H]3CC[C@H](CCC)CC3)CC2)CC1. The molecule has 0 radical (unpaired) electrons. The van der Waals surface area contributed by atoms with Crippen molar-refractivity contribution < 1.29 is 0 Å². The lowest BCUT2D eigenvalue weighted by atomic mass is 9.62. The molecule has 30 heavy (non-hydrogen) atoms. The van der Waals surface area contributed by atoms with E-state index >= 15 is 0 Å². The predicted octanol–water partition coefficient (Wildman–Crippen LogP) is 9.46. The molecular formula is C29H51N. The normalized spacial score (nSPS) is 37.6. The first-order valence-corrected chi connectivity index (χ1v) is 14.1. The maximum Gasteiger partial charge on any atom is 0.0689 e. The quantitative estimate of drug-likeness (QED) is 0.327. The summed E-state index contributed by atoms with van der Waals surface area (Å²) < 4.78 is 0. The van der Waals surface area contributed by atoms with Crippen molar-refractivity contribution in [2.75, 3.05) is 0 Å². The maximum atomic E-state index is 9.92. The fourth-order valence-electron chi connectivity index (χ4n) is 7.59. The van der Waals surface area contributed by atoms with Gasteiger partial charge in [0.15, 0.2) is 0 Å². The van der Waals surface area contributed by atoms with Crippen LogP contribution in [-0.4, -0.2) is 0 Å². The van der Waals surface area contributed by atoms with Crippen molar-refractivity contribution in [2.45, 2.75) is 142 Å². The summed E-state index contributed by atoms with van der Waals surface area (Å²) in [7, 11) is 0. The third-order valence-electron chi connectivity index (χ3n) is 9.72. The molecule has 1 heteroatoms. The van der Waals surface area contributed by atoms with Gasteiger partial charge in [0.1, 0.15) is 0 Å². The van der Waals surface area contributed by atoms with Gasteiger partial charge in [0, 0.05) is 0 Å². The summed E-state index contributed by atoms with van der Waals surface area (Å²) in [6, 6.07) is 2.79. The Bertz CT molecular complexity index is 493. The average Bonchev–Trinajstić information content (AvgIpc) is 2.80. The number of unbranched alkanes of at least 4 members (excludes halogenated alkanes) is 4. The Morgan fingerprint density at radius 2 is 1.13 bits per heavy atom. The van der Waals surface area contributed by atoms with E-state index in [1.807, 2.05) is 0 Å². The van der Waals surface area contributed by atoms with E-state index in [0.717, 1.165) is 29.6 Å². The van der Waals surface area contributed by atoms with Crippen molar-refractivity contribution in [1.82, 2.24) is 0 Å². The fraction of sp³-hybridized carbons (Fsp3) is 0.966. The third kappa shape index (κ3) is 6.74. The van der Waals surface area contributed by atoms with E-state index < -0.39 is 0 Å². The molecular weight excluding hydrogens is 362 g/mol. The second-order valence-corrected chi connectivity index (χ2v) is 11.6. The molecule has 0 unspecified atom stereocenters. The molecule has 0 aromatic carbocycles. The highest BCUT2D eigenvalue weighted by molar-refractivity contribution is 5.02. The van der Waals surface area contributed by atoms with Crippen molar-refractivity contribution in [3.8, 4) is 6.07 Å². The number of hydrogen-bond donors (Lipinski definition) is 0. The van der Waals surface area contributed by atoms with Crippen LogP contribution < -0.4 is 0 Å². The fourth-order valence-corrected chi connectivity index (χ4v) is 7.59. The number of rotatable bonds is 10. The minimum atomic E-state index is 0.0387. The Morgan fingerprint density at radius 1 is 0.633 bits per heavy atom. The lowest BCUT2D eigenvalue weighted by Gasteiger charge is -2.43. The van der Waals surface area contributed by atoms with Crippen LogP contribution in [0.1, 0.15) is 142 Å². The van der Waals surface area contributed by atoms with Crippen LogP contribution in [0.25, 0.3) is 0 Å². The molecule has 0 saturated heterocycles. The summed E-state index contributed by atoms with van der Waals surface area (Å²) in [6.45, 7) is 4.64. The van der Waals surface area contributed by atoms with Gasteiger partial charge in [0.2, 0.25) is 0 Å². The molecule has 3 aliphatic carbocycles. The first-order valence-electron chi connectivity index (χ1n) is 14.1. The Balaban J connectivity index is 1.35. The van der Waals surface area contributed by atoms with Gasteiger partial charge in [0.25, 0.3) is 0 Å². The van der Waals surface area contributed by atoms with Crippen molar-refractivity contribution in [1.29, 1.82) is 5.26 Å². The lowest BCUT2D eigenvalue weighted by Crippen LogP contribution is -2.32. The zero-order valence-electron chi connectivity index (χ0n) is 20.5. The van der Waals surface area contributed by atoms with E-state index in [2.05, 4.69) is 19.9 Å². The number of hydrogen-bond acceptors (Lipinski definition) is 1. The lowest BCUT2D eigenvalue weighted by molar-refractivity contribution is 0.0898. The summed E-state index contributed by atoms with van der Waals surface area (Å²) in [6.07, 6.45) is 27.9. The summed E-state index contributed by atoms with van der Waals surface area (Å²) in [4.78, 5) is 0. The first-order chi connectivity index (χ1) is 14.7. The topological polar surface area (TPSA) is 23.8 Å². The van der Waals surface area contributed by atoms with Gasteiger partial charge >= 0.3 is 0 Å². The van der Waals surface area contributed by atoms with E-state index in [-0.39, 0.29) is 5.41 Å². The zero-order chi connectivity index (χ0) is 21.2. The van der Waals surface area contributed by atoms with Gasteiger partial charge in [-0.2, -0.15) is 5.26 Å². The van der Waals surface area contributed by atoms with Crippen LogP contribution in [-0.2, 0) is 0 Å².